The van der Waals surface area contributed by atoms with E-state index >= 15 is 0 Å². The van der Waals surface area contributed by atoms with Gasteiger partial charge in [-0.1, -0.05) is 54.6 Å². The van der Waals surface area contributed by atoms with Gasteiger partial charge in [0.1, 0.15) is 0 Å². The molecule has 0 fully saturated rings. The molecule has 4 aromatic rings. The molecule has 0 N–H and O–H groups in total. The van der Waals surface area contributed by atoms with Gasteiger partial charge >= 0.3 is 0 Å². The van der Waals surface area contributed by atoms with Gasteiger partial charge in [-0.15, -0.1) is 11.3 Å². The maximum atomic E-state index is 4.14. The van der Waals surface area contributed by atoms with E-state index in [4.69, 9.17) is 0 Å². The van der Waals surface area contributed by atoms with Crippen LogP contribution < -0.4 is 4.90 Å². The molecule has 0 spiro atoms. The van der Waals surface area contributed by atoms with Gasteiger partial charge in [0.15, 0.2) is 0 Å². The van der Waals surface area contributed by atoms with Gasteiger partial charge in [-0.25, -0.2) is 4.98 Å². The first kappa shape index (κ1) is 16.2. The Morgan fingerprint density at radius 2 is 1.33 bits per heavy atom. The minimum absolute atomic E-state index is 1.10. The Hall–Kier alpha value is -2.65. The van der Waals surface area contributed by atoms with Crippen molar-refractivity contribution >= 4 is 27.2 Å². The molecule has 4 rings (SSSR count). The normalized spacial score (nSPS) is 10.1. The summed E-state index contributed by atoms with van der Waals surface area (Å²) in [5.41, 5.74) is 6.73. The van der Waals surface area contributed by atoms with Crippen molar-refractivity contribution in [2.75, 3.05) is 19.0 Å². The van der Waals surface area contributed by atoms with Gasteiger partial charge in [-0.2, -0.15) is 0 Å². The van der Waals surface area contributed by atoms with Gasteiger partial charge in [0.25, 0.3) is 0 Å². The summed E-state index contributed by atoms with van der Waals surface area (Å²) < 4.78 is 1.26. The minimum Gasteiger partial charge on any atom is -0.378 e. The fourth-order valence-electron chi connectivity index (χ4n) is 2.39. The Bertz CT molecular complexity index is 850. The molecule has 24 heavy (non-hydrogen) atoms. The first-order valence-electron chi connectivity index (χ1n) is 7.85. The van der Waals surface area contributed by atoms with E-state index in [1.165, 1.54) is 21.5 Å². The number of rotatable bonds is 2. The van der Waals surface area contributed by atoms with Crippen LogP contribution in [0.5, 0.6) is 0 Å². The molecule has 0 aliphatic carbocycles. The molecule has 0 aliphatic heterocycles. The molecule has 1 heterocycles. The number of benzene rings is 3. The Balaban J connectivity index is 0.000000159. The van der Waals surface area contributed by atoms with Crippen molar-refractivity contribution in [3.05, 3.63) is 84.4 Å². The average Bonchev–Trinajstić information content (AvgIpc) is 3.12. The second kappa shape index (κ2) is 7.75. The molecule has 0 amide bonds. The fraction of sp³-hybridized carbons (Fsp3) is 0.0952. The van der Waals surface area contributed by atoms with E-state index in [-0.39, 0.29) is 0 Å². The summed E-state index contributed by atoms with van der Waals surface area (Å²) in [6, 6.07) is 27.2. The van der Waals surface area contributed by atoms with Crippen molar-refractivity contribution < 1.29 is 0 Å². The predicted octanol–water partition coefficient (Wildman–Crippen LogP) is 5.72. The Morgan fingerprint density at radius 1 is 0.708 bits per heavy atom. The van der Waals surface area contributed by atoms with Crippen LogP contribution in [0.4, 0.5) is 5.69 Å². The number of nitrogens with zero attached hydrogens (tertiary/aromatic N) is 2. The molecule has 0 saturated carbocycles. The first-order chi connectivity index (χ1) is 11.7. The molecule has 3 heteroatoms. The Labute approximate surface area is 147 Å². The third-order valence-corrected chi connectivity index (χ3v) is 4.54. The van der Waals surface area contributed by atoms with Crippen LogP contribution in [0.25, 0.3) is 21.3 Å². The number of anilines is 1. The highest BCUT2D eigenvalue weighted by molar-refractivity contribution is 7.16. The molecule has 120 valence electrons. The fourth-order valence-corrected chi connectivity index (χ4v) is 3.06. The molecule has 0 aliphatic rings. The first-order valence-corrected chi connectivity index (χ1v) is 8.73. The highest BCUT2D eigenvalue weighted by Gasteiger charge is 1.97. The van der Waals surface area contributed by atoms with Gasteiger partial charge in [0, 0.05) is 19.8 Å². The van der Waals surface area contributed by atoms with Crippen LogP contribution in [0, 0.1) is 0 Å². The van der Waals surface area contributed by atoms with E-state index in [0.29, 0.717) is 0 Å². The lowest BCUT2D eigenvalue weighted by atomic mass is 10.1. The summed E-state index contributed by atoms with van der Waals surface area (Å²) in [5.74, 6) is 0. The monoisotopic (exact) mass is 332 g/mol. The van der Waals surface area contributed by atoms with Crippen molar-refractivity contribution in [2.45, 2.75) is 0 Å². The molecule has 2 nitrogen and oxygen atoms in total. The average molecular weight is 332 g/mol. The molecule has 0 unspecified atom stereocenters. The number of aromatic nitrogens is 1. The van der Waals surface area contributed by atoms with E-state index < -0.39 is 0 Å². The van der Waals surface area contributed by atoms with Crippen molar-refractivity contribution in [2.24, 2.45) is 0 Å². The highest BCUT2D eigenvalue weighted by atomic mass is 32.1. The van der Waals surface area contributed by atoms with Crippen LogP contribution in [0.1, 0.15) is 0 Å². The lowest BCUT2D eigenvalue weighted by Gasteiger charge is -2.12. The molecular weight excluding hydrogens is 312 g/mol. The van der Waals surface area contributed by atoms with Crippen molar-refractivity contribution in [1.29, 1.82) is 0 Å². The lowest BCUT2D eigenvalue weighted by molar-refractivity contribution is 1.13. The summed E-state index contributed by atoms with van der Waals surface area (Å²) in [4.78, 5) is 6.24. The zero-order valence-electron chi connectivity index (χ0n) is 13.9. The molecule has 0 bridgehead atoms. The predicted molar refractivity (Wildman–Crippen MR) is 106 cm³/mol. The van der Waals surface area contributed by atoms with Gasteiger partial charge in [-0.3, -0.25) is 0 Å². The van der Waals surface area contributed by atoms with E-state index in [2.05, 4.69) is 78.6 Å². The summed E-state index contributed by atoms with van der Waals surface area (Å²) in [7, 11) is 4.11. The number of hydrogen-bond donors (Lipinski definition) is 0. The van der Waals surface area contributed by atoms with E-state index in [9.17, 15) is 0 Å². The minimum atomic E-state index is 1.10. The van der Waals surface area contributed by atoms with Crippen molar-refractivity contribution in [3.63, 3.8) is 0 Å². The largest absolute Gasteiger partial charge is 0.378 e. The van der Waals surface area contributed by atoms with Crippen LogP contribution in [0.15, 0.2) is 84.4 Å². The number of fused-ring (bicyclic) bond motifs is 1. The SMILES string of the molecule is CN(C)c1ccc(-c2ccccc2)cc1.c1ccc2scnc2c1. The molecule has 0 saturated heterocycles. The molecule has 0 atom stereocenters. The van der Waals surface area contributed by atoms with Gasteiger partial charge < -0.3 is 4.90 Å². The third-order valence-electron chi connectivity index (χ3n) is 3.73. The quantitative estimate of drug-likeness (QED) is 0.467. The molecule has 3 aromatic carbocycles. The smallest absolute Gasteiger partial charge is 0.0812 e. The van der Waals surface area contributed by atoms with Crippen molar-refractivity contribution in [3.8, 4) is 11.1 Å². The number of para-hydroxylation sites is 1. The molecular formula is C21H20N2S. The van der Waals surface area contributed by atoms with E-state index in [0.717, 1.165) is 5.52 Å². The van der Waals surface area contributed by atoms with Gasteiger partial charge in [0.05, 0.1) is 15.7 Å². The Kier molecular flexibility index (Phi) is 5.24. The van der Waals surface area contributed by atoms with E-state index in [1.807, 2.05) is 29.8 Å². The second-order valence-electron chi connectivity index (χ2n) is 5.63. The zero-order chi connectivity index (χ0) is 16.8. The van der Waals surface area contributed by atoms with Crippen LogP contribution in [-0.4, -0.2) is 19.1 Å². The summed E-state index contributed by atoms with van der Waals surface area (Å²) in [5, 5.41) is 0. The summed E-state index contributed by atoms with van der Waals surface area (Å²) in [6.07, 6.45) is 0. The maximum absolute atomic E-state index is 4.14. The number of thiazole rings is 1. The van der Waals surface area contributed by atoms with Gasteiger partial charge in [-0.05, 0) is 35.4 Å². The number of hydrogen-bond acceptors (Lipinski definition) is 3. The van der Waals surface area contributed by atoms with Crippen LogP contribution in [0.2, 0.25) is 0 Å². The van der Waals surface area contributed by atoms with Gasteiger partial charge in [0.2, 0.25) is 0 Å². The van der Waals surface area contributed by atoms with Crippen molar-refractivity contribution in [1.82, 2.24) is 4.98 Å². The molecule has 0 radical (unpaired) electrons. The maximum Gasteiger partial charge on any atom is 0.0812 e. The highest BCUT2D eigenvalue weighted by Crippen LogP contribution is 2.21. The summed E-state index contributed by atoms with van der Waals surface area (Å²) in [6.45, 7) is 0. The molecule has 1 aromatic heterocycles. The van der Waals surface area contributed by atoms with Crippen LogP contribution in [-0.2, 0) is 0 Å². The van der Waals surface area contributed by atoms with Crippen LogP contribution in [0.3, 0.4) is 0 Å². The third kappa shape index (κ3) is 4.00. The Morgan fingerprint density at radius 3 is 2.00 bits per heavy atom. The van der Waals surface area contributed by atoms with E-state index in [1.54, 1.807) is 11.3 Å². The standard InChI is InChI=1S/C14H15N.C7H5NS/c1-15(2)14-10-8-13(9-11-14)12-6-4-3-5-7-12;1-2-4-7-6(3-1)8-5-9-7/h3-11H,1-2H3;1-5H. The zero-order valence-corrected chi connectivity index (χ0v) is 14.7. The topological polar surface area (TPSA) is 16.1 Å². The van der Waals surface area contributed by atoms with Crippen LogP contribution >= 0.6 is 11.3 Å². The summed E-state index contributed by atoms with van der Waals surface area (Å²) >= 11 is 1.68. The second-order valence-corrected chi connectivity index (χ2v) is 6.51. The lowest BCUT2D eigenvalue weighted by Crippen LogP contribution is -2.07.